The number of aromatic nitrogens is 2. The van der Waals surface area contributed by atoms with E-state index in [1.54, 1.807) is 0 Å². The van der Waals surface area contributed by atoms with Crippen molar-refractivity contribution in [2.75, 3.05) is 13.6 Å². The monoisotopic (exact) mass is 251 g/mol. The summed E-state index contributed by atoms with van der Waals surface area (Å²) < 4.78 is 8.15. The molecule has 2 heterocycles. The van der Waals surface area contributed by atoms with Crippen molar-refractivity contribution in [2.45, 2.75) is 58.8 Å². The zero-order valence-electron chi connectivity index (χ0n) is 12.0. The lowest BCUT2D eigenvalue weighted by molar-refractivity contribution is 0.0348. The lowest BCUT2D eigenvalue weighted by atomic mass is 10.1. The highest BCUT2D eigenvalue weighted by Gasteiger charge is 2.25. The second kappa shape index (κ2) is 5.85. The molecule has 0 aromatic carbocycles. The maximum atomic E-state index is 6.02. The Morgan fingerprint density at radius 3 is 2.67 bits per heavy atom. The van der Waals surface area contributed by atoms with Gasteiger partial charge in [0.05, 0.1) is 24.4 Å². The Bertz CT molecular complexity index is 400. The van der Waals surface area contributed by atoms with Crippen molar-refractivity contribution in [2.24, 2.45) is 0 Å². The summed E-state index contributed by atoms with van der Waals surface area (Å²) in [7, 11) is 1.98. The van der Waals surface area contributed by atoms with E-state index >= 15 is 0 Å². The lowest BCUT2D eigenvalue weighted by Crippen LogP contribution is -2.25. The van der Waals surface area contributed by atoms with Crippen LogP contribution in [0.25, 0.3) is 0 Å². The fraction of sp³-hybridized carbons (Fsp3) is 0.786. The largest absolute Gasteiger partial charge is 0.372 e. The van der Waals surface area contributed by atoms with Crippen molar-refractivity contribution in [1.29, 1.82) is 0 Å². The highest BCUT2D eigenvalue weighted by Crippen LogP contribution is 2.22. The minimum Gasteiger partial charge on any atom is -0.372 e. The van der Waals surface area contributed by atoms with Gasteiger partial charge in [-0.25, -0.2) is 0 Å². The summed E-state index contributed by atoms with van der Waals surface area (Å²) in [5.41, 5.74) is 3.86. The molecular weight excluding hydrogens is 226 g/mol. The van der Waals surface area contributed by atoms with Gasteiger partial charge in [0.1, 0.15) is 0 Å². The van der Waals surface area contributed by atoms with E-state index < -0.39 is 0 Å². The second-order valence-corrected chi connectivity index (χ2v) is 5.20. The molecule has 0 aliphatic carbocycles. The number of hydrogen-bond acceptors (Lipinski definition) is 3. The third kappa shape index (κ3) is 2.75. The topological polar surface area (TPSA) is 39.1 Å². The van der Waals surface area contributed by atoms with E-state index in [2.05, 4.69) is 35.9 Å². The van der Waals surface area contributed by atoms with Crippen molar-refractivity contribution < 1.29 is 4.74 Å². The number of hydrogen-bond donors (Lipinski definition) is 1. The van der Waals surface area contributed by atoms with Crippen LogP contribution >= 0.6 is 0 Å². The third-order valence-electron chi connectivity index (χ3n) is 3.89. The molecule has 4 nitrogen and oxygen atoms in total. The predicted molar refractivity (Wildman–Crippen MR) is 72.9 cm³/mol. The van der Waals surface area contributed by atoms with Crippen LogP contribution in [0.5, 0.6) is 0 Å². The summed E-state index contributed by atoms with van der Waals surface area (Å²) >= 11 is 0. The molecule has 0 radical (unpaired) electrons. The van der Waals surface area contributed by atoms with Gasteiger partial charge in [-0.3, -0.25) is 4.68 Å². The normalized spacial score (nSPS) is 23.8. The van der Waals surface area contributed by atoms with Crippen molar-refractivity contribution in [3.63, 3.8) is 0 Å². The van der Waals surface area contributed by atoms with Crippen molar-refractivity contribution >= 4 is 0 Å². The molecule has 0 amide bonds. The number of aryl methyl sites for hydroxylation is 1. The first kappa shape index (κ1) is 13.6. The molecule has 0 spiro atoms. The van der Waals surface area contributed by atoms with Crippen LogP contribution in [-0.4, -0.2) is 35.6 Å². The molecule has 102 valence electrons. The standard InChI is InChI=1S/C14H25N3O/c1-5-14-10(2)16-17(11(14)3)9-13-7-6-12(18-13)8-15-4/h12-13,15H,5-9H2,1-4H3. The fourth-order valence-corrected chi connectivity index (χ4v) is 2.91. The van der Waals surface area contributed by atoms with Crippen LogP contribution in [0, 0.1) is 13.8 Å². The molecular formula is C14H25N3O. The van der Waals surface area contributed by atoms with Crippen molar-refractivity contribution in [1.82, 2.24) is 15.1 Å². The van der Waals surface area contributed by atoms with Crippen molar-refractivity contribution in [3.05, 3.63) is 17.0 Å². The SMILES string of the molecule is CCc1c(C)nn(CC2CCC(CNC)O2)c1C. The summed E-state index contributed by atoms with van der Waals surface area (Å²) in [5, 5.41) is 7.82. The Kier molecular flexibility index (Phi) is 4.40. The minimum absolute atomic E-state index is 0.325. The Morgan fingerprint density at radius 2 is 2.06 bits per heavy atom. The van der Waals surface area contributed by atoms with Crippen LogP contribution in [0.3, 0.4) is 0 Å². The minimum atomic E-state index is 0.325. The van der Waals surface area contributed by atoms with Crippen LogP contribution in [-0.2, 0) is 17.7 Å². The van der Waals surface area contributed by atoms with Crippen LogP contribution in [0.1, 0.15) is 36.7 Å². The van der Waals surface area contributed by atoms with E-state index in [0.717, 1.165) is 32.4 Å². The van der Waals surface area contributed by atoms with E-state index in [4.69, 9.17) is 4.74 Å². The van der Waals surface area contributed by atoms with Crippen LogP contribution < -0.4 is 5.32 Å². The summed E-state index contributed by atoms with van der Waals surface area (Å²) in [6.45, 7) is 8.30. The molecule has 1 aromatic heterocycles. The van der Waals surface area contributed by atoms with E-state index in [0.29, 0.717) is 12.2 Å². The summed E-state index contributed by atoms with van der Waals surface area (Å²) in [4.78, 5) is 0. The number of nitrogens with one attached hydrogen (secondary N) is 1. The smallest absolute Gasteiger partial charge is 0.0776 e. The predicted octanol–water partition coefficient (Wildman–Crippen LogP) is 1.83. The number of likely N-dealkylation sites (N-methyl/N-ethyl adjacent to an activating group) is 1. The van der Waals surface area contributed by atoms with Gasteiger partial charge in [0.2, 0.25) is 0 Å². The Labute approximate surface area is 110 Å². The molecule has 1 N–H and O–H groups in total. The highest BCUT2D eigenvalue weighted by atomic mass is 16.5. The molecule has 1 aliphatic heterocycles. The maximum Gasteiger partial charge on any atom is 0.0776 e. The number of nitrogens with zero attached hydrogens (tertiary/aromatic N) is 2. The van der Waals surface area contributed by atoms with Gasteiger partial charge in [-0.05, 0) is 45.7 Å². The van der Waals surface area contributed by atoms with Gasteiger partial charge in [0.15, 0.2) is 0 Å². The van der Waals surface area contributed by atoms with Gasteiger partial charge in [-0.15, -0.1) is 0 Å². The lowest BCUT2D eigenvalue weighted by Gasteiger charge is -2.14. The molecule has 0 saturated carbocycles. The zero-order valence-corrected chi connectivity index (χ0v) is 12.0. The second-order valence-electron chi connectivity index (χ2n) is 5.20. The summed E-state index contributed by atoms with van der Waals surface area (Å²) in [6, 6.07) is 0. The number of rotatable bonds is 5. The molecule has 1 aromatic rings. The molecule has 0 bridgehead atoms. The Hall–Kier alpha value is -0.870. The molecule has 18 heavy (non-hydrogen) atoms. The summed E-state index contributed by atoms with van der Waals surface area (Å²) in [5.74, 6) is 0. The van der Waals surface area contributed by atoms with E-state index in [1.807, 2.05) is 7.05 Å². The van der Waals surface area contributed by atoms with Crippen LogP contribution in [0.2, 0.25) is 0 Å². The first-order chi connectivity index (χ1) is 8.65. The molecule has 2 atom stereocenters. The third-order valence-corrected chi connectivity index (χ3v) is 3.89. The fourth-order valence-electron chi connectivity index (χ4n) is 2.91. The van der Waals surface area contributed by atoms with Gasteiger partial charge in [-0.2, -0.15) is 5.10 Å². The van der Waals surface area contributed by atoms with Gasteiger partial charge in [0.25, 0.3) is 0 Å². The first-order valence-corrected chi connectivity index (χ1v) is 6.98. The first-order valence-electron chi connectivity index (χ1n) is 6.98. The van der Waals surface area contributed by atoms with Gasteiger partial charge >= 0.3 is 0 Å². The van der Waals surface area contributed by atoms with E-state index in [-0.39, 0.29) is 0 Å². The highest BCUT2D eigenvalue weighted by molar-refractivity contribution is 5.24. The average Bonchev–Trinajstić information content (AvgIpc) is 2.87. The summed E-state index contributed by atoms with van der Waals surface area (Å²) in [6.07, 6.45) is 4.07. The Balaban J connectivity index is 1.98. The molecule has 1 saturated heterocycles. The molecule has 1 aliphatic rings. The molecule has 1 fully saturated rings. The average molecular weight is 251 g/mol. The van der Waals surface area contributed by atoms with E-state index in [9.17, 15) is 0 Å². The van der Waals surface area contributed by atoms with Gasteiger partial charge in [0, 0.05) is 12.2 Å². The van der Waals surface area contributed by atoms with Gasteiger partial charge < -0.3 is 10.1 Å². The quantitative estimate of drug-likeness (QED) is 0.868. The van der Waals surface area contributed by atoms with Crippen LogP contribution in [0.4, 0.5) is 0 Å². The number of ether oxygens (including phenoxy) is 1. The molecule has 4 heteroatoms. The molecule has 2 unspecified atom stereocenters. The van der Waals surface area contributed by atoms with Gasteiger partial charge in [-0.1, -0.05) is 6.92 Å². The zero-order chi connectivity index (χ0) is 13.1. The van der Waals surface area contributed by atoms with Crippen molar-refractivity contribution in [3.8, 4) is 0 Å². The van der Waals surface area contributed by atoms with E-state index in [1.165, 1.54) is 17.0 Å². The molecule has 2 rings (SSSR count). The Morgan fingerprint density at radius 1 is 1.33 bits per heavy atom. The van der Waals surface area contributed by atoms with Crippen LogP contribution in [0.15, 0.2) is 0 Å². The maximum absolute atomic E-state index is 6.02.